The van der Waals surface area contributed by atoms with Crippen molar-refractivity contribution >= 4 is 29.9 Å². The van der Waals surface area contributed by atoms with Gasteiger partial charge in [-0.25, -0.2) is 4.99 Å². The van der Waals surface area contributed by atoms with Gasteiger partial charge in [-0.05, 0) is 30.7 Å². The summed E-state index contributed by atoms with van der Waals surface area (Å²) in [5.41, 5.74) is 1.25. The standard InChI is InChI=1S/C20H24F3N3O3.HI/c1-4-24-19(25-12-14-9-10-17(27-2)18(11-14)28-3)26-13-15-7-5-6-8-16(15)29-20(21,22)23;/h5-11H,4,12-13H2,1-3H3,(H2,24,25,26);1H. The average molecular weight is 539 g/mol. The molecule has 0 aliphatic carbocycles. The lowest BCUT2D eigenvalue weighted by molar-refractivity contribution is -0.274. The van der Waals surface area contributed by atoms with E-state index in [9.17, 15) is 13.2 Å². The first-order valence-electron chi connectivity index (χ1n) is 8.93. The molecule has 0 amide bonds. The van der Waals surface area contributed by atoms with E-state index in [1.807, 2.05) is 19.1 Å². The van der Waals surface area contributed by atoms with E-state index in [4.69, 9.17) is 9.47 Å². The lowest BCUT2D eigenvalue weighted by Gasteiger charge is -2.15. The third-order valence-electron chi connectivity index (χ3n) is 3.86. The van der Waals surface area contributed by atoms with Crippen LogP contribution in [-0.2, 0) is 13.1 Å². The van der Waals surface area contributed by atoms with Crippen molar-refractivity contribution in [2.75, 3.05) is 20.8 Å². The normalized spacial score (nSPS) is 11.3. The SMILES string of the molecule is CCNC(=NCc1ccc(OC)c(OC)c1)NCc1ccccc1OC(F)(F)F.I. The van der Waals surface area contributed by atoms with Crippen molar-refractivity contribution in [1.82, 2.24) is 10.6 Å². The molecule has 0 aromatic heterocycles. The predicted octanol–water partition coefficient (Wildman–Crippen LogP) is 4.48. The van der Waals surface area contributed by atoms with Crippen LogP contribution >= 0.6 is 24.0 Å². The number of benzene rings is 2. The van der Waals surface area contributed by atoms with Gasteiger partial charge >= 0.3 is 6.36 Å². The van der Waals surface area contributed by atoms with E-state index >= 15 is 0 Å². The summed E-state index contributed by atoms with van der Waals surface area (Å²) in [5.74, 6) is 1.43. The van der Waals surface area contributed by atoms with Gasteiger partial charge in [0.25, 0.3) is 0 Å². The van der Waals surface area contributed by atoms with Crippen LogP contribution in [0.3, 0.4) is 0 Å². The number of methoxy groups -OCH3 is 2. The van der Waals surface area contributed by atoms with E-state index in [0.717, 1.165) is 5.56 Å². The molecule has 0 saturated carbocycles. The second-order valence-corrected chi connectivity index (χ2v) is 5.89. The number of hydrogen-bond donors (Lipinski definition) is 2. The zero-order chi connectivity index (χ0) is 21.3. The van der Waals surface area contributed by atoms with E-state index in [1.54, 1.807) is 32.4 Å². The Morgan fingerprint density at radius 1 is 0.967 bits per heavy atom. The van der Waals surface area contributed by atoms with Gasteiger partial charge in [-0.3, -0.25) is 0 Å². The number of ether oxygens (including phenoxy) is 3. The lowest BCUT2D eigenvalue weighted by atomic mass is 10.2. The van der Waals surface area contributed by atoms with Crippen LogP contribution in [0.15, 0.2) is 47.5 Å². The summed E-state index contributed by atoms with van der Waals surface area (Å²) in [4.78, 5) is 4.47. The number of aliphatic imine (C=N–C) groups is 1. The fraction of sp³-hybridized carbons (Fsp3) is 0.350. The molecule has 2 rings (SSSR count). The predicted molar refractivity (Wildman–Crippen MR) is 120 cm³/mol. The third-order valence-corrected chi connectivity index (χ3v) is 3.86. The Bertz CT molecular complexity index is 832. The van der Waals surface area contributed by atoms with Crippen molar-refractivity contribution in [3.05, 3.63) is 53.6 Å². The van der Waals surface area contributed by atoms with Crippen LogP contribution in [0.4, 0.5) is 13.2 Å². The Hall–Kier alpha value is -2.37. The molecule has 0 heterocycles. The zero-order valence-electron chi connectivity index (χ0n) is 16.9. The number of rotatable bonds is 8. The molecule has 0 radical (unpaired) electrons. The van der Waals surface area contributed by atoms with Crippen LogP contribution < -0.4 is 24.8 Å². The largest absolute Gasteiger partial charge is 0.573 e. The highest BCUT2D eigenvalue weighted by Crippen LogP contribution is 2.28. The van der Waals surface area contributed by atoms with Gasteiger partial charge in [0.15, 0.2) is 17.5 Å². The molecule has 0 unspecified atom stereocenters. The first-order valence-corrected chi connectivity index (χ1v) is 8.93. The highest BCUT2D eigenvalue weighted by molar-refractivity contribution is 14.0. The van der Waals surface area contributed by atoms with Gasteiger partial charge in [0.1, 0.15) is 5.75 Å². The average Bonchev–Trinajstić information content (AvgIpc) is 2.69. The monoisotopic (exact) mass is 539 g/mol. The van der Waals surface area contributed by atoms with Crippen molar-refractivity contribution in [1.29, 1.82) is 0 Å². The van der Waals surface area contributed by atoms with Crippen LogP contribution in [-0.4, -0.2) is 33.1 Å². The maximum Gasteiger partial charge on any atom is 0.573 e. The number of hydrogen-bond acceptors (Lipinski definition) is 4. The van der Waals surface area contributed by atoms with E-state index in [1.165, 1.54) is 12.1 Å². The first kappa shape index (κ1) is 25.7. The molecule has 2 N–H and O–H groups in total. The fourth-order valence-electron chi connectivity index (χ4n) is 2.54. The molecule has 0 spiro atoms. The molecule has 2 aromatic carbocycles. The van der Waals surface area contributed by atoms with Crippen LogP contribution in [0.1, 0.15) is 18.1 Å². The minimum atomic E-state index is -4.75. The molecule has 166 valence electrons. The van der Waals surface area contributed by atoms with Crippen LogP contribution in [0.2, 0.25) is 0 Å². The molecular weight excluding hydrogens is 514 g/mol. The number of alkyl halides is 3. The van der Waals surface area contributed by atoms with Crippen molar-refractivity contribution in [2.45, 2.75) is 26.4 Å². The van der Waals surface area contributed by atoms with E-state index in [2.05, 4.69) is 20.4 Å². The number of nitrogens with zero attached hydrogens (tertiary/aromatic N) is 1. The molecule has 0 fully saturated rings. The minimum absolute atomic E-state index is 0. The Kier molecular flexibility index (Phi) is 10.6. The Balaban J connectivity index is 0.00000450. The van der Waals surface area contributed by atoms with E-state index < -0.39 is 6.36 Å². The zero-order valence-corrected chi connectivity index (χ0v) is 19.2. The summed E-state index contributed by atoms with van der Waals surface area (Å²) in [6, 6.07) is 11.4. The van der Waals surface area contributed by atoms with Gasteiger partial charge in [0, 0.05) is 18.7 Å². The maximum atomic E-state index is 12.6. The van der Waals surface area contributed by atoms with Crippen molar-refractivity contribution in [3.63, 3.8) is 0 Å². The fourth-order valence-corrected chi connectivity index (χ4v) is 2.54. The third kappa shape index (κ3) is 8.17. The number of halogens is 4. The van der Waals surface area contributed by atoms with Crippen LogP contribution in [0, 0.1) is 0 Å². The topological polar surface area (TPSA) is 64.1 Å². The minimum Gasteiger partial charge on any atom is -0.493 e. The lowest BCUT2D eigenvalue weighted by Crippen LogP contribution is -2.37. The molecule has 10 heteroatoms. The van der Waals surface area contributed by atoms with Crippen LogP contribution in [0.5, 0.6) is 17.2 Å². The Morgan fingerprint density at radius 3 is 2.30 bits per heavy atom. The molecular formula is C20H25F3IN3O3. The molecule has 0 atom stereocenters. The number of para-hydroxylation sites is 1. The summed E-state index contributed by atoms with van der Waals surface area (Å²) in [7, 11) is 3.11. The second-order valence-electron chi connectivity index (χ2n) is 5.89. The van der Waals surface area contributed by atoms with Gasteiger partial charge in [-0.1, -0.05) is 24.3 Å². The van der Waals surface area contributed by atoms with E-state index in [-0.39, 0.29) is 36.3 Å². The quantitative estimate of drug-likeness (QED) is 0.295. The summed E-state index contributed by atoms with van der Waals surface area (Å²) in [6.45, 7) is 2.95. The summed E-state index contributed by atoms with van der Waals surface area (Å²) in [6.07, 6.45) is -4.75. The highest BCUT2D eigenvalue weighted by atomic mass is 127. The molecule has 6 nitrogen and oxygen atoms in total. The summed E-state index contributed by atoms with van der Waals surface area (Å²) >= 11 is 0. The molecule has 0 bridgehead atoms. The van der Waals surface area contributed by atoms with Crippen molar-refractivity contribution in [3.8, 4) is 17.2 Å². The molecule has 0 saturated heterocycles. The Morgan fingerprint density at radius 2 is 1.67 bits per heavy atom. The van der Waals surface area contributed by atoms with Gasteiger partial charge in [-0.15, -0.1) is 37.1 Å². The van der Waals surface area contributed by atoms with Crippen molar-refractivity contribution in [2.24, 2.45) is 4.99 Å². The van der Waals surface area contributed by atoms with Gasteiger partial charge < -0.3 is 24.8 Å². The van der Waals surface area contributed by atoms with Gasteiger partial charge in [0.2, 0.25) is 0 Å². The summed E-state index contributed by atoms with van der Waals surface area (Å²) in [5, 5.41) is 6.08. The van der Waals surface area contributed by atoms with Gasteiger partial charge in [0.05, 0.1) is 20.8 Å². The van der Waals surface area contributed by atoms with Gasteiger partial charge in [-0.2, -0.15) is 0 Å². The maximum absolute atomic E-state index is 12.6. The number of nitrogens with one attached hydrogen (secondary N) is 2. The first-order chi connectivity index (χ1) is 13.9. The van der Waals surface area contributed by atoms with E-state index in [0.29, 0.717) is 36.1 Å². The van der Waals surface area contributed by atoms with Crippen LogP contribution in [0.25, 0.3) is 0 Å². The Labute approximate surface area is 190 Å². The second kappa shape index (κ2) is 12.4. The summed E-state index contributed by atoms with van der Waals surface area (Å²) < 4.78 is 52.3. The highest BCUT2D eigenvalue weighted by Gasteiger charge is 2.31. The molecule has 2 aromatic rings. The molecule has 0 aliphatic rings. The molecule has 0 aliphatic heterocycles. The number of guanidine groups is 1. The molecule has 30 heavy (non-hydrogen) atoms. The van der Waals surface area contributed by atoms with Crippen molar-refractivity contribution < 1.29 is 27.4 Å². The smallest absolute Gasteiger partial charge is 0.493 e.